The third-order valence-corrected chi connectivity index (χ3v) is 9.00. The second kappa shape index (κ2) is 11.5. The summed E-state index contributed by atoms with van der Waals surface area (Å²) in [6.45, 7) is 3.89. The Bertz CT molecular complexity index is 1590. The number of nitrogens with zero attached hydrogens (tertiary/aromatic N) is 1. The van der Waals surface area contributed by atoms with E-state index in [1.165, 1.54) is 26.0 Å². The Kier molecular flexibility index (Phi) is 9.18. The van der Waals surface area contributed by atoms with Crippen molar-refractivity contribution in [2.24, 2.45) is 0 Å². The van der Waals surface area contributed by atoms with Crippen LogP contribution in [0.15, 0.2) is 47.4 Å². The predicted octanol–water partition coefficient (Wildman–Crippen LogP) is 4.81. The summed E-state index contributed by atoms with van der Waals surface area (Å²) in [4.78, 5) is 11.6. The van der Waals surface area contributed by atoms with Crippen molar-refractivity contribution in [3.05, 3.63) is 53.6 Å². The van der Waals surface area contributed by atoms with E-state index >= 15 is 0 Å². The minimum absolute atomic E-state index is 0.0343. The van der Waals surface area contributed by atoms with Gasteiger partial charge in [0.2, 0.25) is 15.6 Å². The van der Waals surface area contributed by atoms with Crippen LogP contribution in [-0.2, 0) is 42.2 Å². The molecule has 240 valence electrons. The smallest absolute Gasteiger partial charge is 0.427 e. The highest BCUT2D eigenvalue weighted by Crippen LogP contribution is 2.40. The van der Waals surface area contributed by atoms with Gasteiger partial charge in [-0.15, -0.1) is 0 Å². The van der Waals surface area contributed by atoms with Gasteiger partial charge in [-0.1, -0.05) is 12.1 Å². The van der Waals surface area contributed by atoms with Crippen LogP contribution in [0.4, 0.5) is 32.0 Å². The van der Waals surface area contributed by atoms with Crippen LogP contribution in [0.5, 0.6) is 5.75 Å². The van der Waals surface area contributed by atoms with Gasteiger partial charge in [0, 0.05) is 12.0 Å². The lowest BCUT2D eigenvalue weighted by Crippen LogP contribution is -2.51. The van der Waals surface area contributed by atoms with Crippen molar-refractivity contribution in [3.63, 3.8) is 0 Å². The Labute approximate surface area is 245 Å². The molecule has 1 N–H and O–H groups in total. The normalized spacial score (nSPS) is 16.8. The molecule has 0 unspecified atom stereocenters. The Balaban J connectivity index is 2.05. The van der Waals surface area contributed by atoms with E-state index in [1.807, 2.05) is 0 Å². The predicted molar refractivity (Wildman–Crippen MR) is 143 cm³/mol. The lowest BCUT2D eigenvalue weighted by molar-refractivity contribution is -0.257. The molecule has 3 rings (SSSR count). The number of hydrogen-bond acceptors (Lipinski definition) is 7. The van der Waals surface area contributed by atoms with Gasteiger partial charge in [0.1, 0.15) is 11.9 Å². The quantitative estimate of drug-likeness (QED) is 0.303. The Morgan fingerprint density at radius 1 is 1.00 bits per heavy atom. The molecule has 1 heterocycles. The number of carbonyl (C=O) groups is 1. The summed E-state index contributed by atoms with van der Waals surface area (Å²) in [5.74, 6) is -1.34. The molecule has 0 bridgehead atoms. The highest BCUT2D eigenvalue weighted by atomic mass is 32.2. The summed E-state index contributed by atoms with van der Waals surface area (Å²) in [6, 6.07) is 6.73. The van der Waals surface area contributed by atoms with Crippen molar-refractivity contribution in [3.8, 4) is 5.75 Å². The molecule has 0 aromatic heterocycles. The monoisotopic (exact) mass is 660 g/mol. The lowest BCUT2D eigenvalue weighted by atomic mass is 9.97. The van der Waals surface area contributed by atoms with Crippen LogP contribution >= 0.6 is 0 Å². The van der Waals surface area contributed by atoms with Crippen LogP contribution in [0.25, 0.3) is 0 Å². The Morgan fingerprint density at radius 3 is 2.19 bits per heavy atom. The number of sulfonamides is 2. The first-order valence-electron chi connectivity index (χ1n) is 12.6. The lowest BCUT2D eigenvalue weighted by Gasteiger charge is -2.38. The standard InChI is InChI=1S/C26H30F6N2O7S2/c1-23(2,33-42(5,36)37)14-18-15-34(43(38,39)19-8-6-7-17(13-19)25(27,28)29)20-11-16(9-10-21(20)40-18)12-22(35)41-24(3,4)26(30,31)32/h6-11,13,18,33H,12,14-15H2,1-5H3/t18-/m0/s1. The molecule has 2 aromatic carbocycles. The molecule has 0 saturated heterocycles. The first-order valence-corrected chi connectivity index (χ1v) is 15.9. The molecule has 1 atom stereocenters. The number of alkyl halides is 6. The number of halogens is 6. The van der Waals surface area contributed by atoms with E-state index in [0.717, 1.165) is 28.8 Å². The van der Waals surface area contributed by atoms with E-state index in [0.29, 0.717) is 26.0 Å². The van der Waals surface area contributed by atoms with E-state index in [1.54, 1.807) is 0 Å². The number of ether oxygens (including phenoxy) is 2. The second-order valence-electron chi connectivity index (χ2n) is 11.2. The number of anilines is 1. The minimum Gasteiger partial charge on any atom is -0.486 e. The molecule has 0 saturated carbocycles. The van der Waals surface area contributed by atoms with Crippen molar-refractivity contribution in [2.75, 3.05) is 17.1 Å². The SMILES string of the molecule is CC(C)(C[C@H]1CN(S(=O)(=O)c2cccc(C(F)(F)F)c2)c2cc(CC(=O)OC(C)(C)C(F)(F)F)ccc2O1)NS(C)(=O)=O. The molecule has 43 heavy (non-hydrogen) atoms. The van der Waals surface area contributed by atoms with Gasteiger partial charge in [-0.05, 0) is 63.6 Å². The summed E-state index contributed by atoms with van der Waals surface area (Å²) in [5, 5.41) is 0. The van der Waals surface area contributed by atoms with Gasteiger partial charge < -0.3 is 9.47 Å². The average molecular weight is 661 g/mol. The van der Waals surface area contributed by atoms with Gasteiger partial charge in [-0.3, -0.25) is 9.10 Å². The largest absolute Gasteiger partial charge is 0.486 e. The zero-order chi connectivity index (χ0) is 32.8. The van der Waals surface area contributed by atoms with E-state index in [9.17, 15) is 48.0 Å². The molecular weight excluding hydrogens is 630 g/mol. The van der Waals surface area contributed by atoms with E-state index in [-0.39, 0.29) is 23.4 Å². The molecular formula is C26H30F6N2O7S2. The van der Waals surface area contributed by atoms with Gasteiger partial charge in [-0.2, -0.15) is 26.3 Å². The van der Waals surface area contributed by atoms with E-state index < -0.39 is 79.0 Å². The fraction of sp³-hybridized carbons (Fsp3) is 0.500. The number of rotatable bonds is 9. The van der Waals surface area contributed by atoms with Crippen molar-refractivity contribution in [1.82, 2.24) is 4.72 Å². The van der Waals surface area contributed by atoms with E-state index in [2.05, 4.69) is 9.46 Å². The van der Waals surface area contributed by atoms with Crippen molar-refractivity contribution < 1.29 is 57.4 Å². The van der Waals surface area contributed by atoms with Crippen LogP contribution in [-0.4, -0.2) is 59.0 Å². The van der Waals surface area contributed by atoms with Gasteiger partial charge >= 0.3 is 18.3 Å². The zero-order valence-corrected chi connectivity index (χ0v) is 25.3. The number of fused-ring (bicyclic) bond motifs is 1. The molecule has 0 spiro atoms. The number of carbonyl (C=O) groups excluding carboxylic acids is 1. The van der Waals surface area contributed by atoms with Gasteiger partial charge in [0.15, 0.2) is 0 Å². The molecule has 1 aliphatic rings. The molecule has 2 aromatic rings. The first-order chi connectivity index (χ1) is 19.3. The Morgan fingerprint density at radius 2 is 1.63 bits per heavy atom. The molecule has 0 aliphatic carbocycles. The maximum atomic E-state index is 13.8. The van der Waals surface area contributed by atoms with Crippen LogP contribution < -0.4 is 13.8 Å². The fourth-order valence-corrected chi connectivity index (χ4v) is 7.05. The number of nitrogens with one attached hydrogen (secondary N) is 1. The van der Waals surface area contributed by atoms with Crippen molar-refractivity contribution >= 4 is 31.7 Å². The third kappa shape index (κ3) is 8.53. The first kappa shape index (κ1) is 34.4. The summed E-state index contributed by atoms with van der Waals surface area (Å²) in [6.07, 6.45) is -10.6. The zero-order valence-electron chi connectivity index (χ0n) is 23.6. The average Bonchev–Trinajstić information content (AvgIpc) is 2.80. The van der Waals surface area contributed by atoms with Crippen LogP contribution in [0.3, 0.4) is 0 Å². The second-order valence-corrected chi connectivity index (χ2v) is 14.8. The molecule has 9 nitrogen and oxygen atoms in total. The maximum Gasteiger partial charge on any atom is 0.427 e. The van der Waals surface area contributed by atoms with Crippen molar-refractivity contribution in [2.45, 2.75) is 75.0 Å². The van der Waals surface area contributed by atoms with Gasteiger partial charge in [-0.25, -0.2) is 21.6 Å². The van der Waals surface area contributed by atoms with Gasteiger partial charge in [0.05, 0.1) is 35.4 Å². The Hall–Kier alpha value is -3.05. The fourth-order valence-electron chi connectivity index (χ4n) is 4.42. The summed E-state index contributed by atoms with van der Waals surface area (Å²) >= 11 is 0. The number of hydrogen-bond donors (Lipinski definition) is 1. The summed E-state index contributed by atoms with van der Waals surface area (Å²) in [7, 11) is -8.42. The summed E-state index contributed by atoms with van der Waals surface area (Å²) < 4.78 is 145. The van der Waals surface area contributed by atoms with Gasteiger partial charge in [0.25, 0.3) is 10.0 Å². The van der Waals surface area contributed by atoms with Crippen LogP contribution in [0.2, 0.25) is 0 Å². The number of benzene rings is 2. The number of esters is 1. The molecule has 0 fully saturated rings. The highest BCUT2D eigenvalue weighted by Gasteiger charge is 2.50. The molecule has 0 amide bonds. The van der Waals surface area contributed by atoms with Crippen LogP contribution in [0.1, 0.15) is 45.2 Å². The van der Waals surface area contributed by atoms with Crippen molar-refractivity contribution in [1.29, 1.82) is 0 Å². The van der Waals surface area contributed by atoms with Crippen LogP contribution in [0, 0.1) is 0 Å². The molecule has 17 heteroatoms. The molecule has 0 radical (unpaired) electrons. The third-order valence-electron chi connectivity index (χ3n) is 6.30. The summed E-state index contributed by atoms with van der Waals surface area (Å²) in [5.41, 5.74) is -5.33. The maximum absolute atomic E-state index is 13.8. The minimum atomic E-state index is -4.86. The topological polar surface area (TPSA) is 119 Å². The van der Waals surface area contributed by atoms with E-state index in [4.69, 9.17) is 4.74 Å². The highest BCUT2D eigenvalue weighted by molar-refractivity contribution is 7.92. The molecule has 1 aliphatic heterocycles.